The molecule has 0 bridgehead atoms. The minimum absolute atomic E-state index is 0.612. The standard InChI is InChI=1S/C8H10N4/c1-5-4-8(11-12-9)7(3)10-6(5)2/h4H,1-3H3. The number of pyridine rings is 1. The number of aromatic nitrogens is 1. The van der Waals surface area contributed by atoms with Crippen LogP contribution in [-0.2, 0) is 0 Å². The fourth-order valence-electron chi connectivity index (χ4n) is 0.960. The minimum atomic E-state index is 0.612. The van der Waals surface area contributed by atoms with Gasteiger partial charge in [0.25, 0.3) is 0 Å². The van der Waals surface area contributed by atoms with Crippen LogP contribution in [0.4, 0.5) is 5.69 Å². The van der Waals surface area contributed by atoms with Crippen molar-refractivity contribution >= 4 is 5.69 Å². The van der Waals surface area contributed by atoms with Crippen molar-refractivity contribution in [1.29, 1.82) is 0 Å². The molecule has 0 saturated heterocycles. The van der Waals surface area contributed by atoms with E-state index >= 15 is 0 Å². The zero-order chi connectivity index (χ0) is 9.14. The molecule has 0 spiro atoms. The summed E-state index contributed by atoms with van der Waals surface area (Å²) in [5.74, 6) is 0. The Bertz CT molecular complexity index is 350. The van der Waals surface area contributed by atoms with Gasteiger partial charge in [0.15, 0.2) is 0 Å². The highest BCUT2D eigenvalue weighted by Crippen LogP contribution is 2.19. The summed E-state index contributed by atoms with van der Waals surface area (Å²) in [6.07, 6.45) is 0. The average molecular weight is 162 g/mol. The molecule has 0 saturated carbocycles. The summed E-state index contributed by atoms with van der Waals surface area (Å²) in [7, 11) is 0. The van der Waals surface area contributed by atoms with E-state index in [0.717, 1.165) is 17.0 Å². The summed E-state index contributed by atoms with van der Waals surface area (Å²) >= 11 is 0. The molecule has 0 atom stereocenters. The maximum atomic E-state index is 8.23. The van der Waals surface area contributed by atoms with Crippen LogP contribution in [0.3, 0.4) is 0 Å². The van der Waals surface area contributed by atoms with E-state index in [1.165, 1.54) is 0 Å². The van der Waals surface area contributed by atoms with E-state index in [2.05, 4.69) is 15.0 Å². The Kier molecular flexibility index (Phi) is 2.31. The van der Waals surface area contributed by atoms with E-state index in [-0.39, 0.29) is 0 Å². The van der Waals surface area contributed by atoms with Crippen molar-refractivity contribution in [2.24, 2.45) is 5.11 Å². The summed E-state index contributed by atoms with van der Waals surface area (Å²) in [5, 5.41) is 3.53. The molecule has 0 N–H and O–H groups in total. The summed E-state index contributed by atoms with van der Waals surface area (Å²) in [6.45, 7) is 5.71. The van der Waals surface area contributed by atoms with Crippen molar-refractivity contribution in [2.75, 3.05) is 0 Å². The molecule has 0 radical (unpaired) electrons. The largest absolute Gasteiger partial charge is 0.258 e. The highest BCUT2D eigenvalue weighted by Gasteiger charge is 2.00. The predicted octanol–water partition coefficient (Wildman–Crippen LogP) is 2.95. The van der Waals surface area contributed by atoms with Gasteiger partial charge in [-0.3, -0.25) is 4.98 Å². The van der Waals surface area contributed by atoms with Gasteiger partial charge in [0.1, 0.15) is 0 Å². The average Bonchev–Trinajstić information content (AvgIpc) is 2.01. The Hall–Kier alpha value is -1.54. The van der Waals surface area contributed by atoms with Crippen LogP contribution in [-0.4, -0.2) is 4.98 Å². The van der Waals surface area contributed by atoms with Gasteiger partial charge in [0.05, 0.1) is 5.69 Å². The van der Waals surface area contributed by atoms with Crippen molar-refractivity contribution in [3.8, 4) is 0 Å². The molecule has 0 aromatic carbocycles. The van der Waals surface area contributed by atoms with Gasteiger partial charge in [-0.1, -0.05) is 5.11 Å². The summed E-state index contributed by atoms with van der Waals surface area (Å²) in [4.78, 5) is 6.95. The first kappa shape index (κ1) is 8.56. The molecule has 0 fully saturated rings. The number of hydrogen-bond acceptors (Lipinski definition) is 2. The van der Waals surface area contributed by atoms with Gasteiger partial charge in [-0.2, -0.15) is 0 Å². The van der Waals surface area contributed by atoms with Crippen LogP contribution < -0.4 is 0 Å². The molecule has 0 aliphatic heterocycles. The fourth-order valence-corrected chi connectivity index (χ4v) is 0.960. The quantitative estimate of drug-likeness (QED) is 0.355. The Morgan fingerprint density at radius 3 is 2.58 bits per heavy atom. The van der Waals surface area contributed by atoms with Gasteiger partial charge in [-0.05, 0) is 37.9 Å². The van der Waals surface area contributed by atoms with Crippen LogP contribution in [0, 0.1) is 20.8 Å². The monoisotopic (exact) mass is 162 g/mol. The Morgan fingerprint density at radius 2 is 2.00 bits per heavy atom. The van der Waals surface area contributed by atoms with Crippen LogP contribution in [0.5, 0.6) is 0 Å². The molecule has 1 aromatic rings. The van der Waals surface area contributed by atoms with Gasteiger partial charge >= 0.3 is 0 Å². The van der Waals surface area contributed by atoms with Gasteiger partial charge in [0, 0.05) is 16.3 Å². The normalized spacial score (nSPS) is 9.25. The molecule has 1 aromatic heterocycles. The molecule has 0 amide bonds. The zero-order valence-corrected chi connectivity index (χ0v) is 7.37. The molecule has 0 aliphatic rings. The van der Waals surface area contributed by atoms with Crippen molar-refractivity contribution in [2.45, 2.75) is 20.8 Å². The second kappa shape index (κ2) is 3.24. The number of azide groups is 1. The van der Waals surface area contributed by atoms with Crippen molar-refractivity contribution in [3.05, 3.63) is 33.5 Å². The molecule has 0 unspecified atom stereocenters. The number of nitrogens with zero attached hydrogens (tertiary/aromatic N) is 4. The van der Waals surface area contributed by atoms with E-state index in [4.69, 9.17) is 5.53 Å². The van der Waals surface area contributed by atoms with E-state index < -0.39 is 0 Å². The van der Waals surface area contributed by atoms with Crippen LogP contribution in [0.1, 0.15) is 17.0 Å². The van der Waals surface area contributed by atoms with Crippen molar-refractivity contribution in [3.63, 3.8) is 0 Å². The molecule has 4 nitrogen and oxygen atoms in total. The van der Waals surface area contributed by atoms with Gasteiger partial charge in [0.2, 0.25) is 0 Å². The second-order valence-electron chi connectivity index (χ2n) is 2.68. The first-order valence-electron chi connectivity index (χ1n) is 3.65. The lowest BCUT2D eigenvalue weighted by molar-refractivity contribution is 1.08. The Balaban J connectivity index is 3.32. The van der Waals surface area contributed by atoms with Crippen LogP contribution in [0.15, 0.2) is 11.2 Å². The Labute approximate surface area is 70.9 Å². The third-order valence-electron chi connectivity index (χ3n) is 1.78. The fraction of sp³-hybridized carbons (Fsp3) is 0.375. The SMILES string of the molecule is Cc1cc(N=[N+]=[N-])c(C)nc1C. The van der Waals surface area contributed by atoms with Crippen LogP contribution >= 0.6 is 0 Å². The smallest absolute Gasteiger partial charge is 0.0590 e. The van der Waals surface area contributed by atoms with Crippen LogP contribution in [0.2, 0.25) is 0 Å². The first-order chi connectivity index (χ1) is 5.65. The van der Waals surface area contributed by atoms with E-state index in [1.54, 1.807) is 0 Å². The van der Waals surface area contributed by atoms with Crippen molar-refractivity contribution < 1.29 is 0 Å². The lowest BCUT2D eigenvalue weighted by atomic mass is 10.2. The molecule has 4 heteroatoms. The third kappa shape index (κ3) is 1.54. The lowest BCUT2D eigenvalue weighted by Gasteiger charge is -2.02. The molecule has 1 rings (SSSR count). The highest BCUT2D eigenvalue weighted by atomic mass is 15.1. The summed E-state index contributed by atoms with van der Waals surface area (Å²) < 4.78 is 0. The van der Waals surface area contributed by atoms with Crippen molar-refractivity contribution in [1.82, 2.24) is 4.98 Å². The minimum Gasteiger partial charge on any atom is -0.258 e. The maximum Gasteiger partial charge on any atom is 0.0590 e. The molecular formula is C8H10N4. The lowest BCUT2D eigenvalue weighted by Crippen LogP contribution is -1.89. The molecule has 12 heavy (non-hydrogen) atoms. The number of hydrogen-bond donors (Lipinski definition) is 0. The second-order valence-corrected chi connectivity index (χ2v) is 2.68. The molecular weight excluding hydrogens is 152 g/mol. The highest BCUT2D eigenvalue weighted by molar-refractivity contribution is 5.44. The summed E-state index contributed by atoms with van der Waals surface area (Å²) in [6, 6.07) is 1.84. The van der Waals surface area contributed by atoms with E-state index in [9.17, 15) is 0 Å². The molecule has 0 aliphatic carbocycles. The van der Waals surface area contributed by atoms with Gasteiger partial charge in [-0.25, -0.2) is 0 Å². The van der Waals surface area contributed by atoms with E-state index in [1.807, 2.05) is 26.8 Å². The zero-order valence-electron chi connectivity index (χ0n) is 7.37. The number of rotatable bonds is 1. The Morgan fingerprint density at radius 1 is 1.33 bits per heavy atom. The predicted molar refractivity (Wildman–Crippen MR) is 47.3 cm³/mol. The molecule has 1 heterocycles. The molecule has 62 valence electrons. The summed E-state index contributed by atoms with van der Waals surface area (Å²) in [5.41, 5.74) is 11.6. The van der Waals surface area contributed by atoms with E-state index in [0.29, 0.717) is 5.69 Å². The maximum absolute atomic E-state index is 8.23. The van der Waals surface area contributed by atoms with Gasteiger partial charge in [-0.15, -0.1) is 0 Å². The van der Waals surface area contributed by atoms with Gasteiger partial charge < -0.3 is 0 Å². The number of aryl methyl sites for hydroxylation is 3. The van der Waals surface area contributed by atoms with Crippen LogP contribution in [0.25, 0.3) is 10.4 Å². The third-order valence-corrected chi connectivity index (χ3v) is 1.78. The topological polar surface area (TPSA) is 61.7 Å². The first-order valence-corrected chi connectivity index (χ1v) is 3.65.